The predicted molar refractivity (Wildman–Crippen MR) is 88.5 cm³/mol. The second-order valence-electron chi connectivity index (χ2n) is 5.86. The molecule has 0 heterocycles. The molecular weight excluding hydrogens is 280 g/mol. The van der Waals surface area contributed by atoms with Crippen LogP contribution in [-0.2, 0) is 19.1 Å². The fourth-order valence-corrected chi connectivity index (χ4v) is 1.80. The summed E-state index contributed by atoms with van der Waals surface area (Å²) < 4.78 is 10.0. The minimum Gasteiger partial charge on any atom is -0.461 e. The monoisotopic (exact) mass is 310 g/mol. The molecule has 0 spiro atoms. The van der Waals surface area contributed by atoms with E-state index in [1.54, 1.807) is 0 Å². The Balaban J connectivity index is 3.33. The molecule has 0 saturated heterocycles. The lowest BCUT2D eigenvalue weighted by atomic mass is 10.1. The van der Waals surface area contributed by atoms with Crippen molar-refractivity contribution in [1.29, 1.82) is 0 Å². The van der Waals surface area contributed by atoms with Crippen LogP contribution in [0.25, 0.3) is 0 Å². The molecule has 0 aromatic rings. The molecule has 0 aromatic carbocycles. The minimum atomic E-state index is -0.150. The third-order valence-electron chi connectivity index (χ3n) is 2.97. The molecule has 4 nitrogen and oxygen atoms in total. The Hall–Kier alpha value is -1.58. The molecule has 0 aliphatic carbocycles. The summed E-state index contributed by atoms with van der Waals surface area (Å²) in [5.74, 6) is -0.300. The van der Waals surface area contributed by atoms with Gasteiger partial charge in [0.2, 0.25) is 0 Å². The number of carbonyl (C=O) groups is 2. The van der Waals surface area contributed by atoms with Crippen molar-refractivity contribution in [1.82, 2.24) is 0 Å². The number of ether oxygens (including phenoxy) is 2. The molecule has 0 aliphatic rings. The van der Waals surface area contributed by atoms with Crippen molar-refractivity contribution in [3.05, 3.63) is 24.3 Å². The highest BCUT2D eigenvalue weighted by atomic mass is 16.5. The first-order valence-electron chi connectivity index (χ1n) is 8.02. The fourth-order valence-electron chi connectivity index (χ4n) is 1.80. The van der Waals surface area contributed by atoms with Gasteiger partial charge in [-0.1, -0.05) is 38.8 Å². The normalized spacial score (nSPS) is 10.1. The quantitative estimate of drug-likeness (QED) is 0.288. The van der Waals surface area contributed by atoms with Gasteiger partial charge in [-0.05, 0) is 37.8 Å². The van der Waals surface area contributed by atoms with Gasteiger partial charge in [0.25, 0.3) is 0 Å². The molecule has 0 fully saturated rings. The molecule has 4 heteroatoms. The lowest BCUT2D eigenvalue weighted by Crippen LogP contribution is -2.06. The molecular formula is C18H30O4. The summed E-state index contributed by atoms with van der Waals surface area (Å²) in [5.41, 5.74) is 1.71. The first-order chi connectivity index (χ1) is 10.4. The van der Waals surface area contributed by atoms with Crippen LogP contribution >= 0.6 is 0 Å². The second-order valence-corrected chi connectivity index (χ2v) is 5.86. The molecule has 0 amide bonds. The van der Waals surface area contributed by atoms with E-state index in [0.29, 0.717) is 26.1 Å². The van der Waals surface area contributed by atoms with E-state index >= 15 is 0 Å². The summed E-state index contributed by atoms with van der Waals surface area (Å²) in [4.78, 5) is 22.7. The molecule has 0 N–H and O–H groups in total. The summed E-state index contributed by atoms with van der Waals surface area (Å²) in [6.45, 7) is 11.7. The fraction of sp³-hybridized carbons (Fsp3) is 0.667. The van der Waals surface area contributed by atoms with Crippen LogP contribution in [-0.4, -0.2) is 25.2 Å². The van der Waals surface area contributed by atoms with Crippen LogP contribution in [0.5, 0.6) is 0 Å². The van der Waals surface area contributed by atoms with E-state index in [4.69, 9.17) is 9.47 Å². The van der Waals surface area contributed by atoms with Gasteiger partial charge in [0.15, 0.2) is 0 Å². The molecule has 0 radical (unpaired) electrons. The van der Waals surface area contributed by atoms with E-state index in [1.807, 2.05) is 13.8 Å². The third kappa shape index (κ3) is 14.8. The Kier molecular flexibility index (Phi) is 12.2. The molecule has 0 aliphatic heterocycles. The zero-order chi connectivity index (χ0) is 16.8. The summed E-state index contributed by atoms with van der Waals surface area (Å²) in [7, 11) is 0. The smallest absolute Gasteiger partial charge is 0.306 e. The van der Waals surface area contributed by atoms with Crippen molar-refractivity contribution in [2.45, 2.75) is 65.2 Å². The van der Waals surface area contributed by atoms with Crippen LogP contribution in [0.1, 0.15) is 65.2 Å². The number of rotatable bonds is 13. The highest BCUT2D eigenvalue weighted by molar-refractivity contribution is 5.69. The van der Waals surface area contributed by atoms with E-state index in [-0.39, 0.29) is 11.9 Å². The SMILES string of the molecule is C=C(C)COC(=O)CCCCCCCCC(=O)OCC(=C)C. The lowest BCUT2D eigenvalue weighted by molar-refractivity contribution is -0.143. The van der Waals surface area contributed by atoms with Crippen LogP contribution in [0, 0.1) is 0 Å². The van der Waals surface area contributed by atoms with E-state index in [9.17, 15) is 9.59 Å². The molecule has 126 valence electrons. The standard InChI is InChI=1S/C18H30O4/c1-15(2)13-21-17(19)11-9-7-5-6-8-10-12-18(20)22-14-16(3)4/h1,3,5-14H2,2,4H3. The van der Waals surface area contributed by atoms with Gasteiger partial charge in [0.1, 0.15) is 13.2 Å². The summed E-state index contributed by atoms with van der Waals surface area (Å²) >= 11 is 0. The van der Waals surface area contributed by atoms with Crippen molar-refractivity contribution in [2.24, 2.45) is 0 Å². The molecule has 0 rings (SSSR count). The van der Waals surface area contributed by atoms with Crippen LogP contribution in [0.2, 0.25) is 0 Å². The molecule has 0 bridgehead atoms. The Labute approximate surface area is 134 Å². The van der Waals surface area contributed by atoms with Gasteiger partial charge >= 0.3 is 11.9 Å². The highest BCUT2D eigenvalue weighted by Crippen LogP contribution is 2.10. The topological polar surface area (TPSA) is 52.6 Å². The lowest BCUT2D eigenvalue weighted by Gasteiger charge is -2.05. The van der Waals surface area contributed by atoms with Crippen molar-refractivity contribution >= 4 is 11.9 Å². The van der Waals surface area contributed by atoms with Gasteiger partial charge in [0.05, 0.1) is 0 Å². The number of unbranched alkanes of at least 4 members (excludes halogenated alkanes) is 5. The molecule has 22 heavy (non-hydrogen) atoms. The maximum absolute atomic E-state index is 11.3. The molecule has 0 atom stereocenters. The average molecular weight is 310 g/mol. The van der Waals surface area contributed by atoms with Crippen LogP contribution < -0.4 is 0 Å². The summed E-state index contributed by atoms with van der Waals surface area (Å²) in [5, 5.41) is 0. The maximum atomic E-state index is 11.3. The number of hydrogen-bond acceptors (Lipinski definition) is 4. The number of hydrogen-bond donors (Lipinski definition) is 0. The van der Waals surface area contributed by atoms with Gasteiger partial charge in [-0.2, -0.15) is 0 Å². The van der Waals surface area contributed by atoms with E-state index < -0.39 is 0 Å². The van der Waals surface area contributed by atoms with E-state index in [2.05, 4.69) is 13.2 Å². The van der Waals surface area contributed by atoms with Crippen LogP contribution in [0.3, 0.4) is 0 Å². The predicted octanol–water partition coefficient (Wildman–Crippen LogP) is 4.35. The van der Waals surface area contributed by atoms with E-state index in [1.165, 1.54) is 0 Å². The first-order valence-corrected chi connectivity index (χ1v) is 8.02. The second kappa shape index (κ2) is 13.1. The Morgan fingerprint density at radius 2 is 1.00 bits per heavy atom. The zero-order valence-electron chi connectivity index (χ0n) is 14.1. The highest BCUT2D eigenvalue weighted by Gasteiger charge is 2.04. The van der Waals surface area contributed by atoms with E-state index in [0.717, 1.165) is 49.7 Å². The molecule has 0 aromatic heterocycles. The first kappa shape index (κ1) is 20.4. The Bertz CT molecular complexity index is 335. The minimum absolute atomic E-state index is 0.150. The van der Waals surface area contributed by atoms with Gasteiger partial charge in [-0.3, -0.25) is 9.59 Å². The van der Waals surface area contributed by atoms with Gasteiger partial charge < -0.3 is 9.47 Å². The molecule has 0 saturated carbocycles. The van der Waals surface area contributed by atoms with Crippen molar-refractivity contribution in [3.63, 3.8) is 0 Å². The van der Waals surface area contributed by atoms with Crippen LogP contribution in [0.15, 0.2) is 24.3 Å². The van der Waals surface area contributed by atoms with Crippen molar-refractivity contribution in [2.75, 3.05) is 13.2 Å². The van der Waals surface area contributed by atoms with Crippen molar-refractivity contribution in [3.8, 4) is 0 Å². The summed E-state index contributed by atoms with van der Waals surface area (Å²) in [6.07, 6.45) is 6.85. The zero-order valence-corrected chi connectivity index (χ0v) is 14.1. The average Bonchev–Trinajstić information content (AvgIpc) is 2.45. The largest absolute Gasteiger partial charge is 0.461 e. The van der Waals surface area contributed by atoms with Gasteiger partial charge in [-0.25, -0.2) is 0 Å². The Morgan fingerprint density at radius 1 is 0.682 bits per heavy atom. The third-order valence-corrected chi connectivity index (χ3v) is 2.97. The molecule has 0 unspecified atom stereocenters. The maximum Gasteiger partial charge on any atom is 0.306 e. The Morgan fingerprint density at radius 3 is 1.32 bits per heavy atom. The number of carbonyl (C=O) groups excluding carboxylic acids is 2. The van der Waals surface area contributed by atoms with Crippen molar-refractivity contribution < 1.29 is 19.1 Å². The summed E-state index contributed by atoms with van der Waals surface area (Å²) in [6, 6.07) is 0. The number of esters is 2. The van der Waals surface area contributed by atoms with Crippen LogP contribution in [0.4, 0.5) is 0 Å². The van der Waals surface area contributed by atoms with Gasteiger partial charge in [0, 0.05) is 12.8 Å². The van der Waals surface area contributed by atoms with Gasteiger partial charge in [-0.15, -0.1) is 0 Å².